The Morgan fingerprint density at radius 3 is 2.60 bits per heavy atom. The van der Waals surface area contributed by atoms with Crippen LogP contribution in [0.3, 0.4) is 0 Å². The van der Waals surface area contributed by atoms with E-state index in [9.17, 15) is 0 Å². The number of halogens is 1. The van der Waals surface area contributed by atoms with Crippen LogP contribution in [0.4, 0.5) is 0 Å². The number of pyridine rings is 1. The average Bonchev–Trinajstić information content (AvgIpc) is 2.63. The van der Waals surface area contributed by atoms with Crippen molar-refractivity contribution in [3.05, 3.63) is 23.7 Å². The van der Waals surface area contributed by atoms with Gasteiger partial charge in [0.2, 0.25) is 0 Å². The maximum Gasteiger partial charge on any atom is 0.160 e. The molecule has 20 heavy (non-hydrogen) atoms. The van der Waals surface area contributed by atoms with Crippen molar-refractivity contribution in [2.75, 3.05) is 0 Å². The van der Waals surface area contributed by atoms with Crippen LogP contribution in [0.2, 0.25) is 0 Å². The van der Waals surface area contributed by atoms with Crippen molar-refractivity contribution in [1.29, 1.82) is 0 Å². The van der Waals surface area contributed by atoms with Gasteiger partial charge in [-0.3, -0.25) is 0 Å². The number of nitrogens with zero attached hydrogens (tertiary/aromatic N) is 3. The van der Waals surface area contributed by atoms with E-state index in [1.807, 2.05) is 19.2 Å². The molecule has 0 spiro atoms. The van der Waals surface area contributed by atoms with E-state index in [1.54, 1.807) is 0 Å². The quantitative estimate of drug-likeness (QED) is 0.580. The van der Waals surface area contributed by atoms with E-state index in [1.165, 1.54) is 44.1 Å². The molecule has 2 aromatic rings. The van der Waals surface area contributed by atoms with Crippen LogP contribution in [0.1, 0.15) is 68.3 Å². The predicted octanol–water partition coefficient (Wildman–Crippen LogP) is 4.93. The van der Waals surface area contributed by atoms with Crippen LogP contribution >= 0.6 is 11.6 Å². The molecule has 0 N–H and O–H groups in total. The second-order valence-electron chi connectivity index (χ2n) is 5.90. The molecule has 2 aromatic heterocycles. The number of rotatable bonds is 2. The van der Waals surface area contributed by atoms with Gasteiger partial charge in [0.15, 0.2) is 5.65 Å². The number of aromatic nitrogens is 3. The fourth-order valence-corrected chi connectivity index (χ4v) is 3.44. The number of alkyl halides is 1. The summed E-state index contributed by atoms with van der Waals surface area (Å²) in [6, 6.07) is 2.53. The lowest BCUT2D eigenvalue weighted by Crippen LogP contribution is -2.13. The third-order valence-electron chi connectivity index (χ3n) is 4.35. The van der Waals surface area contributed by atoms with Crippen molar-refractivity contribution in [1.82, 2.24) is 14.5 Å². The van der Waals surface area contributed by atoms with Crippen molar-refractivity contribution in [3.63, 3.8) is 0 Å². The Kier molecular flexibility index (Phi) is 3.97. The molecule has 3 rings (SSSR count). The van der Waals surface area contributed by atoms with E-state index in [2.05, 4.69) is 16.5 Å². The SMILES string of the molecule is Cc1ccnc2c1nc(C(C)Cl)n2C1CCCCCC1. The van der Waals surface area contributed by atoms with Crippen LogP contribution in [0.5, 0.6) is 0 Å². The molecule has 1 aliphatic rings. The largest absolute Gasteiger partial charge is 0.308 e. The minimum atomic E-state index is -0.0770. The van der Waals surface area contributed by atoms with Gasteiger partial charge in [0.05, 0.1) is 5.38 Å². The van der Waals surface area contributed by atoms with Crippen LogP contribution in [0.15, 0.2) is 12.3 Å². The first-order valence-corrected chi connectivity index (χ1v) is 8.09. The van der Waals surface area contributed by atoms with Crippen molar-refractivity contribution in [2.24, 2.45) is 0 Å². The molecule has 108 valence electrons. The summed E-state index contributed by atoms with van der Waals surface area (Å²) >= 11 is 6.38. The Morgan fingerprint density at radius 2 is 1.95 bits per heavy atom. The van der Waals surface area contributed by atoms with Crippen LogP contribution in [0, 0.1) is 6.92 Å². The maximum atomic E-state index is 6.38. The molecule has 0 bridgehead atoms. The summed E-state index contributed by atoms with van der Waals surface area (Å²) in [7, 11) is 0. The fourth-order valence-electron chi connectivity index (χ4n) is 3.28. The zero-order chi connectivity index (χ0) is 14.1. The molecular formula is C16H22ClN3. The zero-order valence-electron chi connectivity index (χ0n) is 12.3. The molecule has 1 fully saturated rings. The van der Waals surface area contributed by atoms with Crippen LogP contribution < -0.4 is 0 Å². The van der Waals surface area contributed by atoms with E-state index in [0.29, 0.717) is 6.04 Å². The van der Waals surface area contributed by atoms with Gasteiger partial charge in [-0.05, 0) is 38.3 Å². The summed E-state index contributed by atoms with van der Waals surface area (Å²) in [6.07, 6.45) is 9.62. The molecule has 0 amide bonds. The van der Waals surface area contributed by atoms with Gasteiger partial charge in [-0.25, -0.2) is 9.97 Å². The molecule has 1 aliphatic carbocycles. The standard InChI is InChI=1S/C16H22ClN3/c1-11-9-10-18-16-14(11)19-15(12(2)17)20(16)13-7-5-3-4-6-8-13/h9-10,12-13H,3-8H2,1-2H3. The molecule has 0 saturated heterocycles. The highest BCUT2D eigenvalue weighted by molar-refractivity contribution is 6.20. The average molecular weight is 292 g/mol. The molecule has 1 unspecified atom stereocenters. The number of imidazole rings is 1. The van der Waals surface area contributed by atoms with Gasteiger partial charge < -0.3 is 4.57 Å². The fraction of sp³-hybridized carbons (Fsp3) is 0.625. The Labute approximate surface area is 125 Å². The van der Waals surface area contributed by atoms with Gasteiger partial charge in [-0.1, -0.05) is 25.7 Å². The first-order chi connectivity index (χ1) is 9.68. The number of hydrogen-bond donors (Lipinski definition) is 0. The molecule has 3 nitrogen and oxygen atoms in total. The zero-order valence-corrected chi connectivity index (χ0v) is 13.0. The highest BCUT2D eigenvalue weighted by atomic mass is 35.5. The summed E-state index contributed by atoms with van der Waals surface area (Å²) in [5, 5.41) is -0.0770. The van der Waals surface area contributed by atoms with Gasteiger partial charge in [0, 0.05) is 12.2 Å². The smallest absolute Gasteiger partial charge is 0.160 e. The minimum Gasteiger partial charge on any atom is -0.308 e. The van der Waals surface area contributed by atoms with Crippen LogP contribution in [0.25, 0.3) is 11.2 Å². The Morgan fingerprint density at radius 1 is 1.25 bits per heavy atom. The first-order valence-electron chi connectivity index (χ1n) is 7.66. The Balaban J connectivity index is 2.15. The summed E-state index contributed by atoms with van der Waals surface area (Å²) in [4.78, 5) is 9.38. The third-order valence-corrected chi connectivity index (χ3v) is 4.55. The number of aryl methyl sites for hydroxylation is 1. The second-order valence-corrected chi connectivity index (χ2v) is 6.56. The van der Waals surface area contributed by atoms with Gasteiger partial charge in [-0.15, -0.1) is 11.6 Å². The van der Waals surface area contributed by atoms with Crippen LogP contribution in [-0.4, -0.2) is 14.5 Å². The Hall–Kier alpha value is -1.09. The third kappa shape index (κ3) is 2.44. The molecule has 2 heterocycles. The van der Waals surface area contributed by atoms with E-state index in [-0.39, 0.29) is 5.38 Å². The molecule has 1 saturated carbocycles. The second kappa shape index (κ2) is 5.72. The molecule has 0 aromatic carbocycles. The monoisotopic (exact) mass is 291 g/mol. The van der Waals surface area contributed by atoms with E-state index in [0.717, 1.165) is 17.0 Å². The first kappa shape index (κ1) is 13.9. The highest BCUT2D eigenvalue weighted by Gasteiger charge is 2.23. The predicted molar refractivity (Wildman–Crippen MR) is 83.3 cm³/mol. The summed E-state index contributed by atoms with van der Waals surface area (Å²) in [5.41, 5.74) is 3.21. The lowest BCUT2D eigenvalue weighted by Gasteiger charge is -2.20. The van der Waals surface area contributed by atoms with Crippen molar-refractivity contribution in [3.8, 4) is 0 Å². The van der Waals surface area contributed by atoms with Gasteiger partial charge in [0.1, 0.15) is 11.3 Å². The van der Waals surface area contributed by atoms with E-state index >= 15 is 0 Å². The molecule has 1 atom stereocenters. The summed E-state index contributed by atoms with van der Waals surface area (Å²) in [5.74, 6) is 0.982. The van der Waals surface area contributed by atoms with Gasteiger partial charge >= 0.3 is 0 Å². The van der Waals surface area contributed by atoms with Crippen molar-refractivity contribution >= 4 is 22.8 Å². The summed E-state index contributed by atoms with van der Waals surface area (Å²) in [6.45, 7) is 4.10. The molecule has 0 aliphatic heterocycles. The van der Waals surface area contributed by atoms with Gasteiger partial charge in [-0.2, -0.15) is 0 Å². The Bertz CT molecular complexity index is 595. The molecular weight excluding hydrogens is 270 g/mol. The lowest BCUT2D eigenvalue weighted by molar-refractivity contribution is 0.438. The molecule has 4 heteroatoms. The van der Waals surface area contributed by atoms with Crippen molar-refractivity contribution < 1.29 is 0 Å². The number of fused-ring (bicyclic) bond motifs is 1. The van der Waals surface area contributed by atoms with Crippen molar-refractivity contribution in [2.45, 2.75) is 63.8 Å². The lowest BCUT2D eigenvalue weighted by atomic mass is 10.1. The van der Waals surface area contributed by atoms with E-state index < -0.39 is 0 Å². The summed E-state index contributed by atoms with van der Waals surface area (Å²) < 4.78 is 2.32. The normalized spacial score (nSPS) is 19.1. The molecule has 0 radical (unpaired) electrons. The van der Waals surface area contributed by atoms with E-state index in [4.69, 9.17) is 16.6 Å². The highest BCUT2D eigenvalue weighted by Crippen LogP contribution is 2.34. The number of hydrogen-bond acceptors (Lipinski definition) is 2. The van der Waals surface area contributed by atoms with Gasteiger partial charge in [0.25, 0.3) is 0 Å². The maximum absolute atomic E-state index is 6.38. The van der Waals surface area contributed by atoms with Crippen LogP contribution in [-0.2, 0) is 0 Å². The topological polar surface area (TPSA) is 30.7 Å². The minimum absolute atomic E-state index is 0.0770.